The Morgan fingerprint density at radius 3 is 2.61 bits per heavy atom. The van der Waals surface area contributed by atoms with E-state index in [-0.39, 0.29) is 0 Å². The molecule has 5 heteroatoms. The Bertz CT molecular complexity index is 555. The molecule has 0 unspecified atom stereocenters. The first kappa shape index (κ1) is 12.8. The second-order valence-electron chi connectivity index (χ2n) is 3.85. The fourth-order valence-corrected chi connectivity index (χ4v) is 1.80. The van der Waals surface area contributed by atoms with Crippen LogP contribution in [0.15, 0.2) is 18.3 Å². The number of methoxy groups -OCH3 is 1. The SMILES string of the molecule is CCc1nc(Cl)c(C)c(-c2ccc(OC)nc2)n1. The van der Waals surface area contributed by atoms with E-state index in [0.717, 1.165) is 29.1 Å². The van der Waals surface area contributed by atoms with Crippen LogP contribution in [0, 0.1) is 6.92 Å². The van der Waals surface area contributed by atoms with Gasteiger partial charge >= 0.3 is 0 Å². The van der Waals surface area contributed by atoms with Crippen molar-refractivity contribution in [3.63, 3.8) is 0 Å². The monoisotopic (exact) mass is 263 g/mol. The number of hydrogen-bond donors (Lipinski definition) is 0. The van der Waals surface area contributed by atoms with Crippen molar-refractivity contribution < 1.29 is 4.74 Å². The summed E-state index contributed by atoms with van der Waals surface area (Å²) in [6, 6.07) is 3.72. The van der Waals surface area contributed by atoms with Crippen molar-refractivity contribution >= 4 is 11.6 Å². The number of hydrogen-bond acceptors (Lipinski definition) is 4. The fraction of sp³-hybridized carbons (Fsp3) is 0.308. The van der Waals surface area contributed by atoms with E-state index in [4.69, 9.17) is 16.3 Å². The molecule has 0 aromatic carbocycles. The lowest BCUT2D eigenvalue weighted by Gasteiger charge is -2.08. The van der Waals surface area contributed by atoms with E-state index in [1.165, 1.54) is 0 Å². The maximum Gasteiger partial charge on any atom is 0.212 e. The van der Waals surface area contributed by atoms with Crippen molar-refractivity contribution in [2.45, 2.75) is 20.3 Å². The van der Waals surface area contributed by atoms with Crippen molar-refractivity contribution in [2.24, 2.45) is 0 Å². The van der Waals surface area contributed by atoms with E-state index in [9.17, 15) is 0 Å². The Hall–Kier alpha value is -1.68. The van der Waals surface area contributed by atoms with Crippen LogP contribution in [0.2, 0.25) is 5.15 Å². The maximum absolute atomic E-state index is 6.11. The first-order valence-corrected chi connectivity index (χ1v) is 6.07. The zero-order chi connectivity index (χ0) is 13.1. The van der Waals surface area contributed by atoms with Gasteiger partial charge in [-0.2, -0.15) is 0 Å². The van der Waals surface area contributed by atoms with Crippen LogP contribution < -0.4 is 4.74 Å². The molecule has 0 bridgehead atoms. The molecule has 0 saturated heterocycles. The first-order valence-electron chi connectivity index (χ1n) is 5.69. The van der Waals surface area contributed by atoms with Gasteiger partial charge in [0, 0.05) is 29.8 Å². The Morgan fingerprint density at radius 2 is 2.06 bits per heavy atom. The summed E-state index contributed by atoms with van der Waals surface area (Å²) in [5.41, 5.74) is 2.59. The zero-order valence-corrected chi connectivity index (χ0v) is 11.3. The number of rotatable bonds is 3. The minimum absolute atomic E-state index is 0.493. The van der Waals surface area contributed by atoms with Crippen LogP contribution >= 0.6 is 11.6 Å². The molecule has 0 aliphatic rings. The molecular formula is C13H14ClN3O. The van der Waals surface area contributed by atoms with Gasteiger partial charge in [-0.15, -0.1) is 0 Å². The molecular weight excluding hydrogens is 250 g/mol. The predicted octanol–water partition coefficient (Wildman–Crippen LogP) is 3.07. The summed E-state index contributed by atoms with van der Waals surface area (Å²) >= 11 is 6.11. The molecule has 0 amide bonds. The van der Waals surface area contributed by atoms with Crippen molar-refractivity contribution in [2.75, 3.05) is 7.11 Å². The lowest BCUT2D eigenvalue weighted by molar-refractivity contribution is 0.398. The highest BCUT2D eigenvalue weighted by atomic mass is 35.5. The smallest absolute Gasteiger partial charge is 0.212 e. The van der Waals surface area contributed by atoms with Crippen LogP contribution in [0.5, 0.6) is 5.88 Å². The van der Waals surface area contributed by atoms with Crippen LogP contribution in [-0.4, -0.2) is 22.1 Å². The molecule has 0 aliphatic heterocycles. The highest BCUT2D eigenvalue weighted by Crippen LogP contribution is 2.26. The van der Waals surface area contributed by atoms with Gasteiger partial charge in [0.05, 0.1) is 12.8 Å². The summed E-state index contributed by atoms with van der Waals surface area (Å²) in [4.78, 5) is 12.9. The van der Waals surface area contributed by atoms with Crippen LogP contribution in [-0.2, 0) is 6.42 Å². The molecule has 0 saturated carbocycles. The summed E-state index contributed by atoms with van der Waals surface area (Å²) in [7, 11) is 1.59. The summed E-state index contributed by atoms with van der Waals surface area (Å²) in [6.07, 6.45) is 2.47. The van der Waals surface area contributed by atoms with Gasteiger partial charge in [0.2, 0.25) is 5.88 Å². The molecule has 0 N–H and O–H groups in total. The third-order valence-electron chi connectivity index (χ3n) is 2.67. The summed E-state index contributed by atoms with van der Waals surface area (Å²) in [5.74, 6) is 1.31. The number of nitrogens with zero attached hydrogens (tertiary/aromatic N) is 3. The molecule has 2 aromatic rings. The van der Waals surface area contributed by atoms with E-state index >= 15 is 0 Å². The normalized spacial score (nSPS) is 10.4. The highest BCUT2D eigenvalue weighted by Gasteiger charge is 2.11. The number of aromatic nitrogens is 3. The average molecular weight is 264 g/mol. The number of aryl methyl sites for hydroxylation is 1. The molecule has 94 valence electrons. The third kappa shape index (κ3) is 2.43. The van der Waals surface area contributed by atoms with Gasteiger partial charge in [0.15, 0.2) is 0 Å². The van der Waals surface area contributed by atoms with Gasteiger partial charge in [-0.05, 0) is 13.0 Å². The standard InChI is InChI=1S/C13H14ClN3O/c1-4-10-16-12(8(2)13(14)17-10)9-5-6-11(18-3)15-7-9/h5-7H,4H2,1-3H3. The Morgan fingerprint density at radius 1 is 1.28 bits per heavy atom. The number of ether oxygens (including phenoxy) is 1. The van der Waals surface area contributed by atoms with E-state index < -0.39 is 0 Å². The lowest BCUT2D eigenvalue weighted by Crippen LogP contribution is -2.00. The molecule has 0 radical (unpaired) electrons. The predicted molar refractivity (Wildman–Crippen MR) is 70.9 cm³/mol. The minimum Gasteiger partial charge on any atom is -0.481 e. The topological polar surface area (TPSA) is 47.9 Å². The van der Waals surface area contributed by atoms with Crippen LogP contribution in [0.1, 0.15) is 18.3 Å². The van der Waals surface area contributed by atoms with Crippen molar-refractivity contribution in [1.82, 2.24) is 15.0 Å². The molecule has 0 fully saturated rings. The van der Waals surface area contributed by atoms with Gasteiger partial charge in [0.1, 0.15) is 11.0 Å². The van der Waals surface area contributed by atoms with E-state index in [1.807, 2.05) is 19.9 Å². The van der Waals surface area contributed by atoms with Crippen molar-refractivity contribution in [3.8, 4) is 17.1 Å². The Kier molecular flexibility index (Phi) is 3.77. The van der Waals surface area contributed by atoms with Gasteiger partial charge in [-0.1, -0.05) is 18.5 Å². The molecule has 2 rings (SSSR count). The van der Waals surface area contributed by atoms with E-state index in [0.29, 0.717) is 11.0 Å². The van der Waals surface area contributed by atoms with Gasteiger partial charge in [-0.3, -0.25) is 0 Å². The lowest BCUT2D eigenvalue weighted by atomic mass is 10.1. The second-order valence-corrected chi connectivity index (χ2v) is 4.21. The summed E-state index contributed by atoms with van der Waals surface area (Å²) < 4.78 is 5.03. The maximum atomic E-state index is 6.11. The quantitative estimate of drug-likeness (QED) is 0.799. The minimum atomic E-state index is 0.493. The summed E-state index contributed by atoms with van der Waals surface area (Å²) in [5, 5.41) is 0.493. The molecule has 4 nitrogen and oxygen atoms in total. The Balaban J connectivity index is 2.51. The van der Waals surface area contributed by atoms with E-state index in [1.54, 1.807) is 19.4 Å². The number of halogens is 1. The van der Waals surface area contributed by atoms with Gasteiger partial charge < -0.3 is 4.74 Å². The molecule has 18 heavy (non-hydrogen) atoms. The Labute approximate surface area is 111 Å². The van der Waals surface area contributed by atoms with Crippen LogP contribution in [0.3, 0.4) is 0 Å². The number of pyridine rings is 1. The largest absolute Gasteiger partial charge is 0.481 e. The van der Waals surface area contributed by atoms with Crippen molar-refractivity contribution in [3.05, 3.63) is 34.9 Å². The fourth-order valence-electron chi connectivity index (χ4n) is 1.61. The van der Waals surface area contributed by atoms with Crippen molar-refractivity contribution in [1.29, 1.82) is 0 Å². The second kappa shape index (κ2) is 5.31. The molecule has 0 aliphatic carbocycles. The van der Waals surface area contributed by atoms with Crippen LogP contribution in [0.25, 0.3) is 11.3 Å². The van der Waals surface area contributed by atoms with E-state index in [2.05, 4.69) is 15.0 Å². The van der Waals surface area contributed by atoms with Crippen LogP contribution in [0.4, 0.5) is 0 Å². The first-order chi connectivity index (χ1) is 8.65. The molecule has 2 heterocycles. The average Bonchev–Trinajstić information content (AvgIpc) is 2.42. The highest BCUT2D eigenvalue weighted by molar-refractivity contribution is 6.30. The van der Waals surface area contributed by atoms with Gasteiger partial charge in [0.25, 0.3) is 0 Å². The summed E-state index contributed by atoms with van der Waals surface area (Å²) in [6.45, 7) is 3.90. The molecule has 2 aromatic heterocycles. The molecule has 0 spiro atoms. The third-order valence-corrected chi connectivity index (χ3v) is 3.04. The van der Waals surface area contributed by atoms with Gasteiger partial charge in [-0.25, -0.2) is 15.0 Å². The zero-order valence-electron chi connectivity index (χ0n) is 10.6. The molecule has 0 atom stereocenters.